The Bertz CT molecular complexity index is 971. The minimum absolute atomic E-state index is 0.281. The van der Waals surface area contributed by atoms with Crippen LogP contribution in [0.2, 0.25) is 5.02 Å². The Labute approximate surface area is 162 Å². The van der Waals surface area contributed by atoms with Crippen LogP contribution in [0.5, 0.6) is 5.75 Å². The number of amides is 1. The standard InChI is InChI=1S/C22H18ClNO3/c1-26-19-7-3-6-17(13-19)21-20(24-22(25)27-21)16-5-2-4-15(12-16)14-8-10-18(23)11-9-14/h2-13,20-21H,1H3,(H,24,25)/t20-,21-/m1/s1. The van der Waals surface area contributed by atoms with Crippen molar-refractivity contribution in [2.75, 3.05) is 7.11 Å². The van der Waals surface area contributed by atoms with E-state index < -0.39 is 12.2 Å². The van der Waals surface area contributed by atoms with Gasteiger partial charge in [-0.3, -0.25) is 0 Å². The number of hydrogen-bond acceptors (Lipinski definition) is 3. The van der Waals surface area contributed by atoms with Gasteiger partial charge in [0.1, 0.15) is 5.75 Å². The topological polar surface area (TPSA) is 47.6 Å². The smallest absolute Gasteiger partial charge is 0.408 e. The number of rotatable bonds is 4. The molecular weight excluding hydrogens is 362 g/mol. The number of carbonyl (C=O) groups is 1. The zero-order chi connectivity index (χ0) is 18.8. The summed E-state index contributed by atoms with van der Waals surface area (Å²) in [6, 6.07) is 23.0. The molecule has 1 N–H and O–H groups in total. The lowest BCUT2D eigenvalue weighted by Gasteiger charge is -2.19. The molecule has 4 rings (SSSR count). The number of cyclic esters (lactones) is 1. The molecule has 1 heterocycles. The number of hydrogen-bond donors (Lipinski definition) is 1. The Balaban J connectivity index is 1.69. The van der Waals surface area contributed by atoms with Crippen molar-refractivity contribution in [1.29, 1.82) is 0 Å². The SMILES string of the molecule is COc1cccc([C@H]2OC(=O)N[C@@H]2c2cccc(-c3ccc(Cl)cc3)c2)c1. The van der Waals surface area contributed by atoms with Gasteiger partial charge in [-0.05, 0) is 52.6 Å². The van der Waals surface area contributed by atoms with Crippen LogP contribution in [-0.4, -0.2) is 13.2 Å². The van der Waals surface area contributed by atoms with E-state index in [1.807, 2.05) is 66.7 Å². The van der Waals surface area contributed by atoms with Crippen LogP contribution < -0.4 is 10.1 Å². The average Bonchev–Trinajstić information content (AvgIpc) is 3.10. The van der Waals surface area contributed by atoms with Crippen molar-refractivity contribution in [3.05, 3.63) is 88.9 Å². The number of alkyl carbamates (subject to hydrolysis) is 1. The lowest BCUT2D eigenvalue weighted by Crippen LogP contribution is -2.19. The van der Waals surface area contributed by atoms with Crippen LogP contribution in [0.3, 0.4) is 0 Å². The molecular formula is C22H18ClNO3. The number of nitrogens with one attached hydrogen (secondary N) is 1. The molecule has 27 heavy (non-hydrogen) atoms. The molecule has 0 bridgehead atoms. The molecule has 5 heteroatoms. The molecule has 4 nitrogen and oxygen atoms in total. The molecule has 2 atom stereocenters. The van der Waals surface area contributed by atoms with E-state index in [-0.39, 0.29) is 6.04 Å². The Morgan fingerprint density at radius 3 is 2.44 bits per heavy atom. The van der Waals surface area contributed by atoms with Crippen LogP contribution in [0.4, 0.5) is 4.79 Å². The van der Waals surface area contributed by atoms with Crippen molar-refractivity contribution in [3.8, 4) is 16.9 Å². The second-order valence-electron chi connectivity index (χ2n) is 6.36. The zero-order valence-corrected chi connectivity index (χ0v) is 15.4. The molecule has 1 amide bonds. The summed E-state index contributed by atoms with van der Waals surface area (Å²) < 4.78 is 10.8. The summed E-state index contributed by atoms with van der Waals surface area (Å²) in [4.78, 5) is 12.0. The highest BCUT2D eigenvalue weighted by atomic mass is 35.5. The van der Waals surface area contributed by atoms with Gasteiger partial charge in [0.15, 0.2) is 6.10 Å². The summed E-state index contributed by atoms with van der Waals surface area (Å²) in [5, 5.41) is 3.62. The first-order valence-electron chi connectivity index (χ1n) is 8.61. The molecule has 1 saturated heterocycles. The summed E-state index contributed by atoms with van der Waals surface area (Å²) in [6.07, 6.45) is -0.849. The zero-order valence-electron chi connectivity index (χ0n) is 14.7. The molecule has 0 aromatic heterocycles. The number of methoxy groups -OCH3 is 1. The second kappa shape index (κ2) is 7.33. The van der Waals surface area contributed by atoms with Crippen molar-refractivity contribution < 1.29 is 14.3 Å². The fourth-order valence-electron chi connectivity index (χ4n) is 3.31. The van der Waals surface area contributed by atoms with Crippen molar-refractivity contribution >= 4 is 17.7 Å². The first-order chi connectivity index (χ1) is 13.1. The third kappa shape index (κ3) is 3.62. The number of ether oxygens (including phenoxy) is 2. The van der Waals surface area contributed by atoms with Gasteiger partial charge >= 0.3 is 6.09 Å². The summed E-state index contributed by atoms with van der Waals surface area (Å²) in [6.45, 7) is 0. The van der Waals surface area contributed by atoms with Gasteiger partial charge in [0.2, 0.25) is 0 Å². The number of halogens is 1. The Morgan fingerprint density at radius 1 is 0.926 bits per heavy atom. The predicted octanol–water partition coefficient (Wildman–Crippen LogP) is 5.54. The minimum atomic E-state index is -0.426. The first-order valence-corrected chi connectivity index (χ1v) is 8.99. The molecule has 3 aromatic carbocycles. The summed E-state index contributed by atoms with van der Waals surface area (Å²) in [7, 11) is 1.62. The second-order valence-corrected chi connectivity index (χ2v) is 6.79. The van der Waals surface area contributed by atoms with E-state index >= 15 is 0 Å². The van der Waals surface area contributed by atoms with E-state index in [0.29, 0.717) is 5.02 Å². The molecule has 0 aliphatic carbocycles. The average molecular weight is 380 g/mol. The lowest BCUT2D eigenvalue weighted by molar-refractivity contribution is 0.132. The van der Waals surface area contributed by atoms with Crippen molar-refractivity contribution in [1.82, 2.24) is 5.32 Å². The Kier molecular flexibility index (Phi) is 4.73. The minimum Gasteiger partial charge on any atom is -0.497 e. The largest absolute Gasteiger partial charge is 0.497 e. The van der Waals surface area contributed by atoms with Gasteiger partial charge in [-0.25, -0.2) is 4.79 Å². The van der Waals surface area contributed by atoms with Crippen LogP contribution in [0, 0.1) is 0 Å². The van der Waals surface area contributed by atoms with Gasteiger partial charge in [0.05, 0.1) is 13.2 Å². The van der Waals surface area contributed by atoms with Gasteiger partial charge in [0, 0.05) is 5.02 Å². The lowest BCUT2D eigenvalue weighted by atomic mass is 9.94. The van der Waals surface area contributed by atoms with Crippen LogP contribution >= 0.6 is 11.6 Å². The molecule has 1 aliphatic rings. The van der Waals surface area contributed by atoms with Gasteiger partial charge in [0.25, 0.3) is 0 Å². The van der Waals surface area contributed by atoms with E-state index in [1.165, 1.54) is 0 Å². The highest BCUT2D eigenvalue weighted by Crippen LogP contribution is 2.38. The van der Waals surface area contributed by atoms with Crippen LogP contribution in [0.25, 0.3) is 11.1 Å². The first kappa shape index (κ1) is 17.4. The van der Waals surface area contributed by atoms with Crippen molar-refractivity contribution in [2.45, 2.75) is 12.1 Å². The maximum absolute atomic E-state index is 12.0. The fraction of sp³-hybridized carbons (Fsp3) is 0.136. The van der Waals surface area contributed by atoms with Crippen molar-refractivity contribution in [2.24, 2.45) is 0 Å². The third-order valence-electron chi connectivity index (χ3n) is 4.66. The van der Waals surface area contributed by atoms with Crippen LogP contribution in [0.1, 0.15) is 23.3 Å². The van der Waals surface area contributed by atoms with E-state index in [0.717, 1.165) is 28.0 Å². The molecule has 0 spiro atoms. The summed E-state index contributed by atoms with van der Waals surface area (Å²) in [5.41, 5.74) is 3.97. The van der Waals surface area contributed by atoms with Crippen molar-refractivity contribution in [3.63, 3.8) is 0 Å². The highest BCUT2D eigenvalue weighted by molar-refractivity contribution is 6.30. The molecule has 0 saturated carbocycles. The molecule has 0 radical (unpaired) electrons. The third-order valence-corrected chi connectivity index (χ3v) is 4.91. The fourth-order valence-corrected chi connectivity index (χ4v) is 3.44. The number of benzene rings is 3. The molecule has 136 valence electrons. The monoisotopic (exact) mass is 379 g/mol. The summed E-state index contributed by atoms with van der Waals surface area (Å²) in [5.74, 6) is 0.726. The van der Waals surface area contributed by atoms with E-state index in [9.17, 15) is 4.79 Å². The van der Waals surface area contributed by atoms with E-state index in [1.54, 1.807) is 7.11 Å². The maximum atomic E-state index is 12.0. The molecule has 1 fully saturated rings. The molecule has 0 unspecified atom stereocenters. The highest BCUT2D eigenvalue weighted by Gasteiger charge is 2.36. The van der Waals surface area contributed by atoms with Gasteiger partial charge in [-0.2, -0.15) is 0 Å². The molecule has 1 aliphatic heterocycles. The van der Waals surface area contributed by atoms with Gasteiger partial charge in [-0.15, -0.1) is 0 Å². The van der Waals surface area contributed by atoms with Gasteiger partial charge < -0.3 is 14.8 Å². The maximum Gasteiger partial charge on any atom is 0.408 e. The normalized spacial score (nSPS) is 18.7. The van der Waals surface area contributed by atoms with Crippen LogP contribution in [-0.2, 0) is 4.74 Å². The Morgan fingerprint density at radius 2 is 1.67 bits per heavy atom. The molecule has 3 aromatic rings. The number of carbonyl (C=O) groups excluding carboxylic acids is 1. The van der Waals surface area contributed by atoms with Crippen LogP contribution in [0.15, 0.2) is 72.8 Å². The van der Waals surface area contributed by atoms with Gasteiger partial charge in [-0.1, -0.05) is 54.1 Å². The summed E-state index contributed by atoms with van der Waals surface area (Å²) >= 11 is 5.99. The van der Waals surface area contributed by atoms with E-state index in [4.69, 9.17) is 21.1 Å². The predicted molar refractivity (Wildman–Crippen MR) is 105 cm³/mol. The Hall–Kier alpha value is -2.98. The van der Waals surface area contributed by atoms with E-state index in [2.05, 4.69) is 11.4 Å². The quantitative estimate of drug-likeness (QED) is 0.647.